The summed E-state index contributed by atoms with van der Waals surface area (Å²) in [6, 6.07) is 16.7. The zero-order chi connectivity index (χ0) is 17.4. The van der Waals surface area contributed by atoms with Crippen LogP contribution < -0.4 is 0 Å². The minimum atomic E-state index is -0.636. The summed E-state index contributed by atoms with van der Waals surface area (Å²) in [5, 5.41) is 13.0. The molecule has 6 nitrogen and oxygen atoms in total. The van der Waals surface area contributed by atoms with E-state index in [4.69, 9.17) is 4.42 Å². The molecule has 1 saturated heterocycles. The highest BCUT2D eigenvalue weighted by atomic mass is 16.6. The summed E-state index contributed by atoms with van der Waals surface area (Å²) in [4.78, 5) is 24.7. The quantitative estimate of drug-likeness (QED) is 0.527. The van der Waals surface area contributed by atoms with Crippen molar-refractivity contribution in [1.29, 1.82) is 0 Å². The number of rotatable bonds is 3. The Morgan fingerprint density at radius 3 is 2.72 bits per heavy atom. The van der Waals surface area contributed by atoms with Crippen molar-refractivity contribution in [1.82, 2.24) is 4.90 Å². The van der Waals surface area contributed by atoms with Gasteiger partial charge in [0.1, 0.15) is 4.92 Å². The number of likely N-dealkylation sites (tertiary alicyclic amines) is 1. The van der Waals surface area contributed by atoms with E-state index in [9.17, 15) is 14.9 Å². The molecule has 0 saturated carbocycles. The second-order valence-electron chi connectivity index (χ2n) is 6.12. The van der Waals surface area contributed by atoms with Crippen LogP contribution in [0.2, 0.25) is 0 Å². The first-order valence-electron chi connectivity index (χ1n) is 8.18. The van der Waals surface area contributed by atoms with Gasteiger partial charge in [0.25, 0.3) is 5.91 Å². The highest BCUT2D eigenvalue weighted by Crippen LogP contribution is 2.37. The van der Waals surface area contributed by atoms with E-state index in [0.717, 1.165) is 29.2 Å². The molecule has 1 unspecified atom stereocenters. The molecule has 0 bridgehead atoms. The van der Waals surface area contributed by atoms with Crippen molar-refractivity contribution in [3.05, 3.63) is 76.0 Å². The largest absolute Gasteiger partial charge is 0.433 e. The zero-order valence-corrected chi connectivity index (χ0v) is 13.4. The molecular weight excluding hydrogens is 320 g/mol. The lowest BCUT2D eigenvalue weighted by molar-refractivity contribution is -0.402. The normalized spacial score (nSPS) is 17.1. The van der Waals surface area contributed by atoms with Gasteiger partial charge in [-0.15, -0.1) is 0 Å². The molecule has 0 spiro atoms. The van der Waals surface area contributed by atoms with E-state index in [1.54, 1.807) is 4.90 Å². The van der Waals surface area contributed by atoms with Gasteiger partial charge in [-0.3, -0.25) is 14.9 Å². The van der Waals surface area contributed by atoms with Crippen molar-refractivity contribution >= 4 is 22.6 Å². The highest BCUT2D eigenvalue weighted by molar-refractivity contribution is 5.93. The SMILES string of the molecule is O=C(c1ccc([N+](=O)[O-])o1)N1CCCC1c1cccc2ccccc12. The number of fused-ring (bicyclic) bond motifs is 1. The fraction of sp³-hybridized carbons (Fsp3) is 0.211. The lowest BCUT2D eigenvalue weighted by Crippen LogP contribution is -2.30. The van der Waals surface area contributed by atoms with Gasteiger partial charge in [-0.2, -0.15) is 0 Å². The third kappa shape index (κ3) is 2.65. The number of hydrogen-bond donors (Lipinski definition) is 0. The van der Waals surface area contributed by atoms with Gasteiger partial charge in [0.15, 0.2) is 5.76 Å². The van der Waals surface area contributed by atoms with Crippen molar-refractivity contribution in [3.8, 4) is 0 Å². The Morgan fingerprint density at radius 2 is 1.92 bits per heavy atom. The summed E-state index contributed by atoms with van der Waals surface area (Å²) >= 11 is 0. The van der Waals surface area contributed by atoms with Gasteiger partial charge in [0.05, 0.1) is 12.1 Å². The summed E-state index contributed by atoms with van der Waals surface area (Å²) < 4.78 is 5.10. The van der Waals surface area contributed by atoms with Crippen molar-refractivity contribution < 1.29 is 14.1 Å². The molecule has 0 N–H and O–H groups in total. The van der Waals surface area contributed by atoms with E-state index in [-0.39, 0.29) is 17.7 Å². The van der Waals surface area contributed by atoms with Crippen molar-refractivity contribution in [2.75, 3.05) is 6.54 Å². The van der Waals surface area contributed by atoms with Crippen LogP contribution in [0.3, 0.4) is 0 Å². The van der Waals surface area contributed by atoms with Crippen LogP contribution in [0.1, 0.15) is 35.0 Å². The molecule has 25 heavy (non-hydrogen) atoms. The summed E-state index contributed by atoms with van der Waals surface area (Å²) in [7, 11) is 0. The topological polar surface area (TPSA) is 76.6 Å². The van der Waals surface area contributed by atoms with Gasteiger partial charge < -0.3 is 9.32 Å². The lowest BCUT2D eigenvalue weighted by Gasteiger charge is -2.25. The van der Waals surface area contributed by atoms with E-state index in [1.165, 1.54) is 12.1 Å². The molecule has 1 aliphatic rings. The number of nitro groups is 1. The van der Waals surface area contributed by atoms with Crippen LogP contribution in [-0.2, 0) is 0 Å². The van der Waals surface area contributed by atoms with Crippen LogP contribution in [-0.4, -0.2) is 22.3 Å². The molecule has 1 amide bonds. The maximum Gasteiger partial charge on any atom is 0.433 e. The molecule has 6 heteroatoms. The average molecular weight is 336 g/mol. The number of amides is 1. The maximum atomic E-state index is 12.8. The molecule has 2 heterocycles. The number of hydrogen-bond acceptors (Lipinski definition) is 4. The third-order valence-corrected chi connectivity index (χ3v) is 4.68. The number of furan rings is 1. The number of nitrogens with zero attached hydrogens (tertiary/aromatic N) is 2. The molecule has 2 aromatic carbocycles. The van der Waals surface area contributed by atoms with Crippen molar-refractivity contribution in [3.63, 3.8) is 0 Å². The third-order valence-electron chi connectivity index (χ3n) is 4.68. The first kappa shape index (κ1) is 15.4. The summed E-state index contributed by atoms with van der Waals surface area (Å²) in [6.07, 6.45) is 1.75. The molecule has 4 rings (SSSR count). The predicted octanol–water partition coefficient (Wildman–Crippen LogP) is 4.32. The molecule has 1 atom stereocenters. The van der Waals surface area contributed by atoms with E-state index >= 15 is 0 Å². The van der Waals surface area contributed by atoms with Crippen LogP contribution >= 0.6 is 0 Å². The van der Waals surface area contributed by atoms with Crippen LogP contribution in [0.5, 0.6) is 0 Å². The molecule has 0 radical (unpaired) electrons. The molecule has 1 aromatic heterocycles. The number of benzene rings is 2. The van der Waals surface area contributed by atoms with Gasteiger partial charge in [-0.25, -0.2) is 0 Å². The smallest absolute Gasteiger partial charge is 0.395 e. The number of carbonyl (C=O) groups excluding carboxylic acids is 1. The fourth-order valence-corrected chi connectivity index (χ4v) is 3.56. The maximum absolute atomic E-state index is 12.8. The van der Waals surface area contributed by atoms with Crippen LogP contribution in [0.4, 0.5) is 5.88 Å². The Morgan fingerprint density at radius 1 is 1.12 bits per heavy atom. The lowest BCUT2D eigenvalue weighted by atomic mass is 9.97. The molecule has 126 valence electrons. The average Bonchev–Trinajstić information content (AvgIpc) is 3.30. The van der Waals surface area contributed by atoms with Gasteiger partial charge in [0, 0.05) is 6.54 Å². The van der Waals surface area contributed by atoms with Gasteiger partial charge >= 0.3 is 5.88 Å². The van der Waals surface area contributed by atoms with Crippen LogP contribution in [0.25, 0.3) is 10.8 Å². The molecular formula is C19H16N2O4. The Bertz CT molecular complexity index is 957. The monoisotopic (exact) mass is 336 g/mol. The zero-order valence-electron chi connectivity index (χ0n) is 13.4. The van der Waals surface area contributed by atoms with Crippen LogP contribution in [0, 0.1) is 10.1 Å². The first-order chi connectivity index (χ1) is 12.1. The van der Waals surface area contributed by atoms with Gasteiger partial charge in [-0.1, -0.05) is 42.5 Å². The summed E-state index contributed by atoms with van der Waals surface area (Å²) in [6.45, 7) is 0.612. The predicted molar refractivity (Wildman–Crippen MR) is 92.3 cm³/mol. The Hall–Kier alpha value is -3.15. The van der Waals surface area contributed by atoms with Crippen LogP contribution in [0.15, 0.2) is 59.0 Å². The van der Waals surface area contributed by atoms with E-state index in [0.29, 0.717) is 6.54 Å². The molecule has 0 aliphatic carbocycles. The molecule has 1 fully saturated rings. The van der Waals surface area contributed by atoms with E-state index in [2.05, 4.69) is 18.2 Å². The Labute approximate surface area is 143 Å². The standard InChI is InChI=1S/C19H16N2O4/c22-19(17-10-11-18(25-17)21(23)24)20-12-4-9-16(20)15-8-3-6-13-5-1-2-7-14(13)15/h1-3,5-8,10-11,16H,4,9,12H2. The Balaban J connectivity index is 1.70. The summed E-state index contributed by atoms with van der Waals surface area (Å²) in [5.74, 6) is -0.702. The fourth-order valence-electron chi connectivity index (χ4n) is 3.56. The molecule has 3 aromatic rings. The highest BCUT2D eigenvalue weighted by Gasteiger charge is 2.33. The van der Waals surface area contributed by atoms with Crippen molar-refractivity contribution in [2.24, 2.45) is 0 Å². The van der Waals surface area contributed by atoms with E-state index < -0.39 is 10.8 Å². The first-order valence-corrected chi connectivity index (χ1v) is 8.18. The van der Waals surface area contributed by atoms with Gasteiger partial charge in [-0.05, 0) is 35.2 Å². The Kier molecular flexibility index (Phi) is 3.72. The van der Waals surface area contributed by atoms with Crippen molar-refractivity contribution in [2.45, 2.75) is 18.9 Å². The number of carbonyl (C=O) groups is 1. The minimum absolute atomic E-state index is 0.0128. The van der Waals surface area contributed by atoms with Gasteiger partial charge in [0.2, 0.25) is 0 Å². The summed E-state index contributed by atoms with van der Waals surface area (Å²) in [5.41, 5.74) is 1.10. The second-order valence-corrected chi connectivity index (χ2v) is 6.12. The molecule has 1 aliphatic heterocycles. The second kappa shape index (κ2) is 6.05. The van der Waals surface area contributed by atoms with E-state index in [1.807, 2.05) is 24.3 Å². The minimum Gasteiger partial charge on any atom is -0.395 e.